The topological polar surface area (TPSA) is 12.9 Å². The van der Waals surface area contributed by atoms with E-state index in [-0.39, 0.29) is 0 Å². The minimum absolute atomic E-state index is 0.807. The third-order valence-corrected chi connectivity index (χ3v) is 3.89. The summed E-state index contributed by atoms with van der Waals surface area (Å²) in [7, 11) is 0. The number of hydrogen-bond donors (Lipinski definition) is 0. The standard InChI is InChI=1S/C12H21NS/c1-5-11(9(2)3)6-7-12-13-10(4)8-14-12/h8-9,11H,5-7H2,1-4H3. The second kappa shape index (κ2) is 5.50. The van der Waals surface area contributed by atoms with Gasteiger partial charge in [-0.2, -0.15) is 0 Å². The molecule has 0 aliphatic carbocycles. The van der Waals surface area contributed by atoms with Gasteiger partial charge in [0.05, 0.1) is 5.01 Å². The quantitative estimate of drug-likeness (QED) is 0.715. The summed E-state index contributed by atoms with van der Waals surface area (Å²) in [6.07, 6.45) is 3.75. The highest BCUT2D eigenvalue weighted by Gasteiger charge is 2.11. The Morgan fingerprint density at radius 2 is 2.14 bits per heavy atom. The van der Waals surface area contributed by atoms with Crippen molar-refractivity contribution in [1.29, 1.82) is 0 Å². The predicted molar refractivity (Wildman–Crippen MR) is 63.8 cm³/mol. The van der Waals surface area contributed by atoms with E-state index in [2.05, 4.69) is 38.1 Å². The van der Waals surface area contributed by atoms with Crippen LogP contribution >= 0.6 is 11.3 Å². The number of hydrogen-bond acceptors (Lipinski definition) is 2. The third kappa shape index (κ3) is 3.41. The first-order valence-corrected chi connectivity index (χ1v) is 6.42. The Kier molecular flexibility index (Phi) is 4.59. The van der Waals surface area contributed by atoms with Gasteiger partial charge in [0, 0.05) is 11.1 Å². The molecule has 0 radical (unpaired) electrons. The predicted octanol–water partition coefficient (Wildman–Crippen LogP) is 4.07. The molecule has 0 N–H and O–H groups in total. The molecule has 1 heterocycles. The van der Waals surface area contributed by atoms with Crippen molar-refractivity contribution in [1.82, 2.24) is 4.98 Å². The Labute approximate surface area is 91.6 Å². The van der Waals surface area contributed by atoms with E-state index in [4.69, 9.17) is 0 Å². The first kappa shape index (κ1) is 11.7. The Balaban J connectivity index is 2.39. The summed E-state index contributed by atoms with van der Waals surface area (Å²) < 4.78 is 0. The van der Waals surface area contributed by atoms with Crippen molar-refractivity contribution in [3.63, 3.8) is 0 Å². The molecule has 0 aromatic carbocycles. The van der Waals surface area contributed by atoms with Crippen LogP contribution in [0.3, 0.4) is 0 Å². The number of thiazole rings is 1. The van der Waals surface area contributed by atoms with Gasteiger partial charge in [0.1, 0.15) is 0 Å². The normalized spacial score (nSPS) is 13.5. The highest BCUT2D eigenvalue weighted by atomic mass is 32.1. The Hall–Kier alpha value is -0.370. The van der Waals surface area contributed by atoms with E-state index in [0.717, 1.165) is 18.3 Å². The van der Waals surface area contributed by atoms with Gasteiger partial charge in [-0.15, -0.1) is 11.3 Å². The van der Waals surface area contributed by atoms with Crippen molar-refractivity contribution in [2.75, 3.05) is 0 Å². The lowest BCUT2D eigenvalue weighted by atomic mass is 9.89. The molecule has 0 amide bonds. The maximum atomic E-state index is 4.49. The van der Waals surface area contributed by atoms with E-state index in [1.807, 2.05) is 0 Å². The molecule has 0 bridgehead atoms. The summed E-state index contributed by atoms with van der Waals surface area (Å²) in [6, 6.07) is 0. The van der Waals surface area contributed by atoms with Crippen LogP contribution in [0, 0.1) is 18.8 Å². The second-order valence-corrected chi connectivity index (χ2v) is 5.28. The molecule has 0 aliphatic heterocycles. The van der Waals surface area contributed by atoms with Crippen LogP contribution in [0.2, 0.25) is 0 Å². The van der Waals surface area contributed by atoms with Gasteiger partial charge in [-0.05, 0) is 31.6 Å². The summed E-state index contributed by atoms with van der Waals surface area (Å²) in [5, 5.41) is 3.45. The van der Waals surface area contributed by atoms with Crippen LogP contribution in [0.25, 0.3) is 0 Å². The molecule has 0 spiro atoms. The molecule has 80 valence electrons. The van der Waals surface area contributed by atoms with Crippen LogP contribution < -0.4 is 0 Å². The van der Waals surface area contributed by atoms with Gasteiger partial charge in [-0.1, -0.05) is 27.2 Å². The maximum absolute atomic E-state index is 4.49. The number of aryl methyl sites for hydroxylation is 2. The van der Waals surface area contributed by atoms with Gasteiger partial charge < -0.3 is 0 Å². The molecule has 1 aromatic rings. The smallest absolute Gasteiger partial charge is 0.0928 e. The average Bonchev–Trinajstić information content (AvgIpc) is 2.52. The van der Waals surface area contributed by atoms with Gasteiger partial charge >= 0.3 is 0 Å². The fourth-order valence-corrected chi connectivity index (χ4v) is 2.63. The zero-order valence-corrected chi connectivity index (χ0v) is 10.5. The zero-order valence-electron chi connectivity index (χ0n) is 9.71. The third-order valence-electron chi connectivity index (χ3n) is 2.86. The Bertz CT molecular complexity index is 265. The van der Waals surface area contributed by atoms with Gasteiger partial charge in [-0.3, -0.25) is 0 Å². The van der Waals surface area contributed by atoms with E-state index in [9.17, 15) is 0 Å². The summed E-state index contributed by atoms with van der Waals surface area (Å²) >= 11 is 1.80. The molecule has 1 nitrogen and oxygen atoms in total. The molecule has 0 aliphatic rings. The van der Waals surface area contributed by atoms with Crippen molar-refractivity contribution in [2.45, 2.75) is 47.0 Å². The van der Waals surface area contributed by atoms with Gasteiger partial charge in [0.25, 0.3) is 0 Å². The molecule has 1 unspecified atom stereocenters. The lowest BCUT2D eigenvalue weighted by molar-refractivity contribution is 0.349. The van der Waals surface area contributed by atoms with Crippen molar-refractivity contribution in [3.05, 3.63) is 16.1 Å². The fourth-order valence-electron chi connectivity index (χ4n) is 1.84. The van der Waals surface area contributed by atoms with Crippen LogP contribution in [0.4, 0.5) is 0 Å². The molecule has 0 saturated heterocycles. The minimum atomic E-state index is 0.807. The summed E-state index contributed by atoms with van der Waals surface area (Å²) in [4.78, 5) is 4.49. The number of rotatable bonds is 5. The van der Waals surface area contributed by atoms with E-state index >= 15 is 0 Å². The molecule has 1 aromatic heterocycles. The fraction of sp³-hybridized carbons (Fsp3) is 0.750. The first-order chi connectivity index (χ1) is 6.63. The van der Waals surface area contributed by atoms with Gasteiger partial charge in [0.15, 0.2) is 0 Å². The van der Waals surface area contributed by atoms with E-state index in [1.54, 1.807) is 11.3 Å². The Morgan fingerprint density at radius 1 is 1.43 bits per heavy atom. The number of nitrogens with zero attached hydrogens (tertiary/aromatic N) is 1. The van der Waals surface area contributed by atoms with Gasteiger partial charge in [-0.25, -0.2) is 4.98 Å². The van der Waals surface area contributed by atoms with Crippen molar-refractivity contribution in [3.8, 4) is 0 Å². The average molecular weight is 211 g/mol. The van der Waals surface area contributed by atoms with Crippen LogP contribution in [-0.4, -0.2) is 4.98 Å². The molecule has 14 heavy (non-hydrogen) atoms. The van der Waals surface area contributed by atoms with Crippen molar-refractivity contribution < 1.29 is 0 Å². The van der Waals surface area contributed by atoms with E-state index < -0.39 is 0 Å². The first-order valence-electron chi connectivity index (χ1n) is 5.54. The monoisotopic (exact) mass is 211 g/mol. The van der Waals surface area contributed by atoms with E-state index in [0.29, 0.717) is 0 Å². The molecule has 2 heteroatoms. The van der Waals surface area contributed by atoms with Crippen LogP contribution in [0.5, 0.6) is 0 Å². The summed E-state index contributed by atoms with van der Waals surface area (Å²) in [6.45, 7) is 9.00. The highest BCUT2D eigenvalue weighted by molar-refractivity contribution is 7.09. The highest BCUT2D eigenvalue weighted by Crippen LogP contribution is 2.22. The molecule has 0 fully saturated rings. The van der Waals surface area contributed by atoms with Crippen LogP contribution in [0.15, 0.2) is 5.38 Å². The molecular weight excluding hydrogens is 190 g/mol. The van der Waals surface area contributed by atoms with Crippen LogP contribution in [-0.2, 0) is 6.42 Å². The lowest BCUT2D eigenvalue weighted by Crippen LogP contribution is -2.08. The minimum Gasteiger partial charge on any atom is -0.247 e. The summed E-state index contributed by atoms with van der Waals surface area (Å²) in [5.41, 5.74) is 1.17. The Morgan fingerprint density at radius 3 is 2.57 bits per heavy atom. The second-order valence-electron chi connectivity index (χ2n) is 4.33. The molecule has 1 rings (SSSR count). The van der Waals surface area contributed by atoms with Crippen LogP contribution in [0.1, 0.15) is 44.3 Å². The van der Waals surface area contributed by atoms with Crippen molar-refractivity contribution >= 4 is 11.3 Å². The van der Waals surface area contributed by atoms with Gasteiger partial charge in [0.2, 0.25) is 0 Å². The molecular formula is C12H21NS. The molecule has 1 atom stereocenters. The summed E-state index contributed by atoms with van der Waals surface area (Å²) in [5.74, 6) is 1.67. The lowest BCUT2D eigenvalue weighted by Gasteiger charge is -2.17. The van der Waals surface area contributed by atoms with Crippen molar-refractivity contribution in [2.24, 2.45) is 11.8 Å². The maximum Gasteiger partial charge on any atom is 0.0928 e. The zero-order chi connectivity index (χ0) is 10.6. The van der Waals surface area contributed by atoms with E-state index in [1.165, 1.54) is 23.5 Å². The largest absolute Gasteiger partial charge is 0.247 e. The molecule has 0 saturated carbocycles. The number of aromatic nitrogens is 1. The SMILES string of the molecule is CCC(CCc1nc(C)cs1)C(C)C.